The molecule has 1 amide bonds. The van der Waals surface area contributed by atoms with Crippen LogP contribution in [-0.4, -0.2) is 17.4 Å². The maximum atomic E-state index is 10.4. The first kappa shape index (κ1) is 5.13. The van der Waals surface area contributed by atoms with Crippen molar-refractivity contribution in [3.05, 3.63) is 6.73 Å². The second-order valence-electron chi connectivity index (χ2n) is 1.31. The summed E-state index contributed by atoms with van der Waals surface area (Å²) >= 11 is 0. The van der Waals surface area contributed by atoms with Crippen LogP contribution in [0.2, 0.25) is 0 Å². The van der Waals surface area contributed by atoms with Crippen molar-refractivity contribution < 1.29 is 9.53 Å². The highest BCUT2D eigenvalue weighted by Crippen LogP contribution is 2.02. The van der Waals surface area contributed by atoms with Crippen molar-refractivity contribution in [3.8, 4) is 12.5 Å². The molecule has 0 aromatic carbocycles. The van der Waals surface area contributed by atoms with Gasteiger partial charge in [-0.15, -0.1) is 6.73 Å². The molecule has 1 aliphatic heterocycles. The molecule has 0 aromatic rings. The summed E-state index contributed by atoms with van der Waals surface area (Å²) in [5.41, 5.74) is 0. The van der Waals surface area contributed by atoms with Crippen molar-refractivity contribution in [1.82, 2.24) is 4.90 Å². The summed E-state index contributed by atoms with van der Waals surface area (Å²) in [6.45, 7) is 1.30. The maximum absolute atomic E-state index is 10.4. The summed E-state index contributed by atoms with van der Waals surface area (Å²) in [4.78, 5) is 11.5. The SMILES string of the molecule is C#CN1[CH-]OCC1=O. The molecule has 0 N–H and O–H groups in total. The molecule has 3 nitrogen and oxygen atoms in total. The van der Waals surface area contributed by atoms with Gasteiger partial charge in [0.1, 0.15) is 0 Å². The number of carbonyl (C=O) groups excluding carboxylic acids is 1. The maximum Gasteiger partial charge on any atom is 0.229 e. The molecule has 0 atom stereocenters. The first-order chi connectivity index (χ1) is 3.84. The number of rotatable bonds is 0. The van der Waals surface area contributed by atoms with E-state index in [1.807, 2.05) is 0 Å². The number of carbonyl (C=O) groups is 1. The Morgan fingerprint density at radius 3 is 3.00 bits per heavy atom. The lowest BCUT2D eigenvalue weighted by atomic mass is 10.6. The Kier molecular flexibility index (Phi) is 1.18. The van der Waals surface area contributed by atoms with E-state index in [4.69, 9.17) is 6.42 Å². The molecule has 1 saturated heterocycles. The van der Waals surface area contributed by atoms with Gasteiger partial charge in [0.25, 0.3) is 0 Å². The van der Waals surface area contributed by atoms with Crippen LogP contribution in [0.4, 0.5) is 0 Å². The molecule has 0 spiro atoms. The van der Waals surface area contributed by atoms with Crippen molar-refractivity contribution >= 4 is 5.91 Å². The van der Waals surface area contributed by atoms with E-state index < -0.39 is 0 Å². The Morgan fingerprint density at radius 1 is 2.00 bits per heavy atom. The minimum Gasteiger partial charge on any atom is -0.523 e. The van der Waals surface area contributed by atoms with Gasteiger partial charge in [-0.3, -0.25) is 4.79 Å². The zero-order valence-electron chi connectivity index (χ0n) is 4.13. The predicted molar refractivity (Wildman–Crippen MR) is 25.9 cm³/mol. The van der Waals surface area contributed by atoms with Crippen molar-refractivity contribution in [2.75, 3.05) is 6.61 Å². The first-order valence-corrected chi connectivity index (χ1v) is 2.08. The van der Waals surface area contributed by atoms with E-state index in [2.05, 4.69) is 10.8 Å². The number of nitrogens with zero attached hydrogens (tertiary/aromatic N) is 1. The number of ether oxygens (including phenoxy) is 1. The second-order valence-corrected chi connectivity index (χ2v) is 1.31. The Balaban J connectivity index is 2.58. The average molecular weight is 110 g/mol. The van der Waals surface area contributed by atoms with Crippen LogP contribution >= 0.6 is 0 Å². The first-order valence-electron chi connectivity index (χ1n) is 2.08. The molecule has 0 radical (unpaired) electrons. The highest BCUT2D eigenvalue weighted by atomic mass is 16.5. The van der Waals surface area contributed by atoms with Crippen LogP contribution in [0.3, 0.4) is 0 Å². The molecule has 8 heavy (non-hydrogen) atoms. The summed E-state index contributed by atoms with van der Waals surface area (Å²) < 4.78 is 4.57. The quantitative estimate of drug-likeness (QED) is 0.312. The molecular formula is C5H4NO2-. The zero-order valence-corrected chi connectivity index (χ0v) is 4.13. The van der Waals surface area contributed by atoms with E-state index in [9.17, 15) is 4.79 Å². The van der Waals surface area contributed by atoms with E-state index >= 15 is 0 Å². The molecule has 3 heteroatoms. The Labute approximate surface area is 47.2 Å². The fourth-order valence-electron chi connectivity index (χ4n) is 0.414. The topological polar surface area (TPSA) is 29.5 Å². The summed E-state index contributed by atoms with van der Waals surface area (Å²) in [5, 5.41) is 0. The number of hydrogen-bond donors (Lipinski definition) is 0. The van der Waals surface area contributed by atoms with Crippen molar-refractivity contribution in [1.29, 1.82) is 0 Å². The third-order valence-electron chi connectivity index (χ3n) is 0.795. The van der Waals surface area contributed by atoms with Gasteiger partial charge < -0.3 is 9.64 Å². The van der Waals surface area contributed by atoms with E-state index in [1.165, 1.54) is 6.73 Å². The molecule has 0 unspecified atom stereocenters. The predicted octanol–water partition coefficient (Wildman–Crippen LogP) is -0.445. The Bertz CT molecular complexity index is 147. The third kappa shape index (κ3) is 0.658. The van der Waals surface area contributed by atoms with Gasteiger partial charge in [-0.05, 0) is 6.04 Å². The van der Waals surface area contributed by atoms with Gasteiger partial charge in [0, 0.05) is 0 Å². The number of amides is 1. The normalized spacial score (nSPS) is 18.9. The third-order valence-corrected chi connectivity index (χ3v) is 0.795. The lowest BCUT2D eigenvalue weighted by Crippen LogP contribution is -2.16. The fourth-order valence-corrected chi connectivity index (χ4v) is 0.414. The van der Waals surface area contributed by atoms with Gasteiger partial charge >= 0.3 is 0 Å². The van der Waals surface area contributed by atoms with E-state index in [0.29, 0.717) is 0 Å². The van der Waals surface area contributed by atoms with Gasteiger partial charge in [0.15, 0.2) is 0 Å². The number of terminal acetylenes is 1. The Morgan fingerprint density at radius 2 is 2.75 bits per heavy atom. The van der Waals surface area contributed by atoms with Crippen LogP contribution in [0.1, 0.15) is 0 Å². The van der Waals surface area contributed by atoms with E-state index in [1.54, 1.807) is 0 Å². The largest absolute Gasteiger partial charge is 0.523 e. The standard InChI is InChI=1S/C5H4NO2/c1-2-6-4-8-3-5(6)7/h1,4H,3H2/q-1. The number of hydrogen-bond acceptors (Lipinski definition) is 2. The van der Waals surface area contributed by atoms with Crippen molar-refractivity contribution in [2.45, 2.75) is 0 Å². The van der Waals surface area contributed by atoms with Gasteiger partial charge in [-0.1, -0.05) is 6.42 Å². The smallest absolute Gasteiger partial charge is 0.229 e. The molecule has 1 heterocycles. The zero-order chi connectivity index (χ0) is 5.98. The summed E-state index contributed by atoms with van der Waals surface area (Å²) in [5.74, 6) is -0.187. The van der Waals surface area contributed by atoms with Crippen LogP contribution < -0.4 is 0 Å². The lowest BCUT2D eigenvalue weighted by Gasteiger charge is -2.12. The van der Waals surface area contributed by atoms with Crippen molar-refractivity contribution in [2.24, 2.45) is 0 Å². The van der Waals surface area contributed by atoms with Gasteiger partial charge in [0.2, 0.25) is 5.91 Å². The molecule has 0 bridgehead atoms. The fraction of sp³-hybridized carbons (Fsp3) is 0.200. The monoisotopic (exact) mass is 110 g/mol. The van der Waals surface area contributed by atoms with Gasteiger partial charge in [-0.2, -0.15) is 0 Å². The molecule has 0 aromatic heterocycles. The Hall–Kier alpha value is -1.01. The van der Waals surface area contributed by atoms with Crippen molar-refractivity contribution in [3.63, 3.8) is 0 Å². The summed E-state index contributed by atoms with van der Waals surface area (Å²) in [6.07, 6.45) is 4.87. The molecule has 0 saturated carbocycles. The molecule has 0 aliphatic carbocycles. The second kappa shape index (κ2) is 1.85. The molecule has 1 rings (SSSR count). The van der Waals surface area contributed by atoms with Crippen LogP contribution in [0.25, 0.3) is 0 Å². The lowest BCUT2D eigenvalue weighted by molar-refractivity contribution is -0.124. The molecular weight excluding hydrogens is 106 g/mol. The van der Waals surface area contributed by atoms with Gasteiger partial charge in [0.05, 0.1) is 6.61 Å². The van der Waals surface area contributed by atoms with Crippen LogP contribution in [0.5, 0.6) is 0 Å². The van der Waals surface area contributed by atoms with Crippen LogP contribution in [0, 0.1) is 19.2 Å². The van der Waals surface area contributed by atoms with E-state index in [0.717, 1.165) is 4.90 Å². The minimum atomic E-state index is -0.187. The average Bonchev–Trinajstić information content (AvgIpc) is 2.14. The highest BCUT2D eigenvalue weighted by molar-refractivity contribution is 5.81. The molecule has 42 valence electrons. The highest BCUT2D eigenvalue weighted by Gasteiger charge is 2.07. The molecule has 1 aliphatic rings. The minimum absolute atomic E-state index is 0.0736. The summed E-state index contributed by atoms with van der Waals surface area (Å²) in [7, 11) is 0. The van der Waals surface area contributed by atoms with Crippen LogP contribution in [-0.2, 0) is 9.53 Å². The summed E-state index contributed by atoms with van der Waals surface area (Å²) in [6, 6.07) is 2.12. The van der Waals surface area contributed by atoms with Gasteiger partial charge in [-0.25, -0.2) is 0 Å². The van der Waals surface area contributed by atoms with Crippen LogP contribution in [0.15, 0.2) is 0 Å². The molecule has 1 fully saturated rings. The van der Waals surface area contributed by atoms with E-state index in [-0.39, 0.29) is 12.5 Å².